The molecule has 0 unspecified atom stereocenters. The zero-order valence-electron chi connectivity index (χ0n) is 14.7. The number of aliphatic hydroxyl groups is 1. The smallest absolute Gasteiger partial charge is 0.293 e. The van der Waals surface area contributed by atoms with Gasteiger partial charge in [-0.2, -0.15) is 0 Å². The Labute approximate surface area is 156 Å². The Bertz CT molecular complexity index is 857. The number of rotatable bonds is 4. The quantitative estimate of drug-likeness (QED) is 0.637. The van der Waals surface area contributed by atoms with E-state index < -0.39 is 4.92 Å². The second-order valence-electron chi connectivity index (χ2n) is 7.20. The van der Waals surface area contributed by atoms with Crippen LogP contribution in [0.5, 0.6) is 0 Å². The van der Waals surface area contributed by atoms with Gasteiger partial charge in [0.05, 0.1) is 11.0 Å². The van der Waals surface area contributed by atoms with Crippen LogP contribution in [0.25, 0.3) is 0 Å². The van der Waals surface area contributed by atoms with Crippen molar-refractivity contribution in [2.75, 3.05) is 5.32 Å². The monoisotopic (exact) mass is 367 g/mol. The summed E-state index contributed by atoms with van der Waals surface area (Å²) in [5.41, 5.74) is 1.27. The Morgan fingerprint density at radius 3 is 2.41 bits per heavy atom. The predicted molar refractivity (Wildman–Crippen MR) is 101 cm³/mol. The molecule has 0 saturated carbocycles. The van der Waals surface area contributed by atoms with Crippen molar-refractivity contribution in [1.29, 1.82) is 0 Å². The number of hydrogen-bond acceptors (Lipinski definition) is 5. The van der Waals surface area contributed by atoms with Crippen molar-refractivity contribution in [2.45, 2.75) is 43.9 Å². The van der Waals surface area contributed by atoms with Gasteiger partial charge in [-0.05, 0) is 49.9 Å². The molecule has 2 bridgehead atoms. The molecule has 4 rings (SSSR count). The van der Waals surface area contributed by atoms with E-state index in [4.69, 9.17) is 0 Å². The molecule has 7 nitrogen and oxygen atoms in total. The Hall–Kier alpha value is -2.93. The van der Waals surface area contributed by atoms with E-state index in [0.717, 1.165) is 18.5 Å². The highest BCUT2D eigenvalue weighted by Crippen LogP contribution is 2.37. The van der Waals surface area contributed by atoms with E-state index in [9.17, 15) is 20.0 Å². The lowest BCUT2D eigenvalue weighted by Gasteiger charge is -2.37. The van der Waals surface area contributed by atoms with Gasteiger partial charge in [-0.3, -0.25) is 14.9 Å². The average Bonchev–Trinajstić information content (AvgIpc) is 2.93. The minimum Gasteiger partial charge on any atom is -0.393 e. The normalized spacial score (nSPS) is 23.9. The van der Waals surface area contributed by atoms with Gasteiger partial charge in [-0.15, -0.1) is 0 Å². The van der Waals surface area contributed by atoms with Crippen LogP contribution in [0.2, 0.25) is 0 Å². The van der Waals surface area contributed by atoms with Gasteiger partial charge in [-0.1, -0.05) is 18.2 Å². The van der Waals surface area contributed by atoms with Crippen LogP contribution in [-0.2, 0) is 0 Å². The number of aliphatic hydroxyl groups excluding tert-OH is 1. The Balaban J connectivity index is 1.61. The van der Waals surface area contributed by atoms with E-state index in [1.807, 2.05) is 35.2 Å². The van der Waals surface area contributed by atoms with Gasteiger partial charge in [0.15, 0.2) is 0 Å². The molecule has 0 aromatic heterocycles. The third-order valence-corrected chi connectivity index (χ3v) is 5.44. The molecule has 0 radical (unpaired) electrons. The minimum absolute atomic E-state index is 0.0208. The highest BCUT2D eigenvalue weighted by Gasteiger charge is 2.43. The van der Waals surface area contributed by atoms with E-state index in [1.165, 1.54) is 6.07 Å². The Kier molecular flexibility index (Phi) is 4.53. The van der Waals surface area contributed by atoms with Crippen LogP contribution >= 0.6 is 0 Å². The van der Waals surface area contributed by atoms with Crippen molar-refractivity contribution in [3.05, 3.63) is 64.2 Å². The highest BCUT2D eigenvalue weighted by molar-refractivity contribution is 5.96. The van der Waals surface area contributed by atoms with Gasteiger partial charge < -0.3 is 15.3 Å². The molecule has 2 atom stereocenters. The standard InChI is InChI=1S/C20H21N3O4/c24-17-11-15-7-8-16(12-17)22(15)20(25)13-6-9-18(19(10-13)23(26)27)21-14-4-2-1-3-5-14/h1-6,9-10,15-17,21,24H,7-8,11-12H2/t15-,16-/m0/s1. The van der Waals surface area contributed by atoms with Gasteiger partial charge in [0.25, 0.3) is 11.6 Å². The van der Waals surface area contributed by atoms with Crippen LogP contribution in [-0.4, -0.2) is 39.0 Å². The zero-order chi connectivity index (χ0) is 19.0. The number of nitro groups is 1. The van der Waals surface area contributed by atoms with Gasteiger partial charge >= 0.3 is 0 Å². The summed E-state index contributed by atoms with van der Waals surface area (Å²) in [6.45, 7) is 0. The number of nitrogens with one attached hydrogen (secondary N) is 1. The minimum atomic E-state index is -0.476. The number of nitro benzene ring substituents is 1. The maximum absolute atomic E-state index is 13.0. The van der Waals surface area contributed by atoms with Crippen LogP contribution in [0.4, 0.5) is 17.1 Å². The molecular formula is C20H21N3O4. The van der Waals surface area contributed by atoms with Crippen molar-refractivity contribution < 1.29 is 14.8 Å². The lowest BCUT2D eigenvalue weighted by Crippen LogP contribution is -2.48. The van der Waals surface area contributed by atoms with E-state index in [2.05, 4.69) is 5.32 Å². The highest BCUT2D eigenvalue weighted by atomic mass is 16.6. The summed E-state index contributed by atoms with van der Waals surface area (Å²) in [6.07, 6.45) is 2.56. The first-order valence-corrected chi connectivity index (χ1v) is 9.14. The van der Waals surface area contributed by atoms with Crippen LogP contribution in [0.3, 0.4) is 0 Å². The van der Waals surface area contributed by atoms with Gasteiger partial charge in [0.2, 0.25) is 0 Å². The summed E-state index contributed by atoms with van der Waals surface area (Å²) in [7, 11) is 0. The van der Waals surface area contributed by atoms with Crippen LogP contribution in [0, 0.1) is 10.1 Å². The zero-order valence-corrected chi connectivity index (χ0v) is 14.7. The van der Waals surface area contributed by atoms with Crippen molar-refractivity contribution in [3.8, 4) is 0 Å². The van der Waals surface area contributed by atoms with E-state index in [0.29, 0.717) is 24.1 Å². The summed E-state index contributed by atoms with van der Waals surface area (Å²) in [5.74, 6) is -0.191. The predicted octanol–water partition coefficient (Wildman–Crippen LogP) is 3.47. The third kappa shape index (κ3) is 3.38. The summed E-state index contributed by atoms with van der Waals surface area (Å²) in [5, 5.41) is 24.5. The van der Waals surface area contributed by atoms with Crippen LogP contribution in [0.1, 0.15) is 36.0 Å². The third-order valence-electron chi connectivity index (χ3n) is 5.44. The molecule has 2 aromatic carbocycles. The summed E-state index contributed by atoms with van der Waals surface area (Å²) < 4.78 is 0. The Morgan fingerprint density at radius 1 is 1.11 bits per heavy atom. The number of para-hydroxylation sites is 1. The van der Waals surface area contributed by atoms with Gasteiger partial charge in [0, 0.05) is 29.4 Å². The number of nitrogens with zero attached hydrogens (tertiary/aromatic N) is 2. The molecule has 140 valence electrons. The molecular weight excluding hydrogens is 346 g/mol. The molecule has 2 aliphatic rings. The first-order chi connectivity index (χ1) is 13.0. The maximum atomic E-state index is 13.0. The molecule has 0 aliphatic carbocycles. The van der Waals surface area contributed by atoms with Crippen LogP contribution < -0.4 is 5.32 Å². The van der Waals surface area contributed by atoms with E-state index >= 15 is 0 Å². The number of amides is 1. The van der Waals surface area contributed by atoms with Gasteiger partial charge in [-0.25, -0.2) is 0 Å². The molecule has 2 fully saturated rings. The SMILES string of the molecule is O=C(c1ccc(Nc2ccccc2)c([N+](=O)[O-])c1)N1[C@H]2CC[C@H]1CC(O)C2. The number of piperidine rings is 1. The molecule has 2 aliphatic heterocycles. The van der Waals surface area contributed by atoms with Crippen molar-refractivity contribution in [2.24, 2.45) is 0 Å². The van der Waals surface area contributed by atoms with Gasteiger partial charge in [0.1, 0.15) is 5.69 Å². The van der Waals surface area contributed by atoms with Crippen molar-refractivity contribution in [1.82, 2.24) is 4.90 Å². The number of fused-ring (bicyclic) bond motifs is 2. The summed E-state index contributed by atoms with van der Waals surface area (Å²) >= 11 is 0. The summed E-state index contributed by atoms with van der Waals surface area (Å²) in [6, 6.07) is 13.8. The molecule has 7 heteroatoms. The van der Waals surface area contributed by atoms with Crippen molar-refractivity contribution >= 4 is 23.0 Å². The molecule has 0 spiro atoms. The number of carbonyl (C=O) groups excluding carboxylic acids is 1. The molecule has 2 heterocycles. The second-order valence-corrected chi connectivity index (χ2v) is 7.20. The number of hydrogen-bond donors (Lipinski definition) is 2. The maximum Gasteiger partial charge on any atom is 0.293 e. The fraction of sp³-hybridized carbons (Fsp3) is 0.350. The fourth-order valence-electron chi connectivity index (χ4n) is 4.23. The van der Waals surface area contributed by atoms with Crippen molar-refractivity contribution in [3.63, 3.8) is 0 Å². The Morgan fingerprint density at radius 2 is 1.78 bits per heavy atom. The average molecular weight is 367 g/mol. The lowest BCUT2D eigenvalue weighted by molar-refractivity contribution is -0.383. The molecule has 2 saturated heterocycles. The second kappa shape index (κ2) is 7.00. The molecule has 27 heavy (non-hydrogen) atoms. The first-order valence-electron chi connectivity index (χ1n) is 9.14. The van der Waals surface area contributed by atoms with E-state index in [1.54, 1.807) is 12.1 Å². The summed E-state index contributed by atoms with van der Waals surface area (Å²) in [4.78, 5) is 25.9. The van der Waals surface area contributed by atoms with E-state index in [-0.39, 0.29) is 29.8 Å². The number of benzene rings is 2. The topological polar surface area (TPSA) is 95.7 Å². The van der Waals surface area contributed by atoms with Crippen LogP contribution in [0.15, 0.2) is 48.5 Å². The largest absolute Gasteiger partial charge is 0.393 e. The molecule has 2 N–H and O–H groups in total. The fourth-order valence-corrected chi connectivity index (χ4v) is 4.23. The molecule has 2 aromatic rings. The lowest BCUT2D eigenvalue weighted by atomic mass is 9.98. The number of anilines is 2. The number of carbonyl (C=O) groups is 1. The molecule has 1 amide bonds. The first kappa shape index (κ1) is 17.5.